The highest BCUT2D eigenvalue weighted by Gasteiger charge is 2.41. The molecule has 1 saturated heterocycles. The predicted molar refractivity (Wildman–Crippen MR) is 46.4 cm³/mol. The van der Waals surface area contributed by atoms with Gasteiger partial charge in [0, 0.05) is 5.54 Å². The van der Waals surface area contributed by atoms with Crippen molar-refractivity contribution >= 4 is 0 Å². The lowest BCUT2D eigenvalue weighted by atomic mass is 9.78. The third-order valence-electron chi connectivity index (χ3n) is 2.12. The van der Waals surface area contributed by atoms with Gasteiger partial charge in [-0.3, -0.25) is 0 Å². The molecular weight excluding hydrogens is 138 g/mol. The van der Waals surface area contributed by atoms with Gasteiger partial charge in [-0.15, -0.1) is 0 Å². The quantitative estimate of drug-likeness (QED) is 0.631. The van der Waals surface area contributed by atoms with E-state index in [0.717, 1.165) is 13.0 Å². The predicted octanol–water partition coefficient (Wildman–Crippen LogP) is 1.54. The monoisotopic (exact) mass is 157 g/mol. The van der Waals surface area contributed by atoms with Crippen LogP contribution in [0.3, 0.4) is 0 Å². The summed E-state index contributed by atoms with van der Waals surface area (Å²) in [5.41, 5.74) is 6.11. The largest absolute Gasteiger partial charge is 0.373 e. The molecule has 2 N–H and O–H groups in total. The lowest BCUT2D eigenvalue weighted by molar-refractivity contribution is 0.189. The van der Waals surface area contributed by atoms with Crippen molar-refractivity contribution in [3.63, 3.8) is 0 Å². The topological polar surface area (TPSA) is 38.5 Å². The van der Waals surface area contributed by atoms with Crippen LogP contribution in [-0.4, -0.2) is 18.2 Å². The third kappa shape index (κ3) is 2.80. The molecule has 0 aromatic heterocycles. The number of rotatable bonds is 3. The summed E-state index contributed by atoms with van der Waals surface area (Å²) >= 11 is 0. The van der Waals surface area contributed by atoms with Crippen LogP contribution in [0.5, 0.6) is 0 Å². The van der Waals surface area contributed by atoms with Gasteiger partial charge >= 0.3 is 0 Å². The van der Waals surface area contributed by atoms with Crippen LogP contribution in [0.4, 0.5) is 0 Å². The van der Waals surface area contributed by atoms with E-state index in [1.807, 2.05) is 0 Å². The fourth-order valence-corrected chi connectivity index (χ4v) is 1.79. The Morgan fingerprint density at radius 3 is 2.09 bits per heavy atom. The Kier molecular flexibility index (Phi) is 2.01. The summed E-state index contributed by atoms with van der Waals surface area (Å²) < 4.78 is 5.26. The van der Waals surface area contributed by atoms with Gasteiger partial charge in [-0.25, -0.2) is 0 Å². The molecule has 0 aromatic rings. The zero-order chi connectivity index (χ0) is 8.70. The smallest absolute Gasteiger partial charge is 0.0861 e. The van der Waals surface area contributed by atoms with Crippen molar-refractivity contribution in [2.75, 3.05) is 6.61 Å². The minimum Gasteiger partial charge on any atom is -0.373 e. The van der Waals surface area contributed by atoms with E-state index in [1.165, 1.54) is 0 Å². The first-order valence-corrected chi connectivity index (χ1v) is 4.22. The highest BCUT2D eigenvalue weighted by atomic mass is 16.6. The molecule has 1 aliphatic heterocycles. The van der Waals surface area contributed by atoms with Crippen molar-refractivity contribution < 1.29 is 4.74 Å². The van der Waals surface area contributed by atoms with Crippen LogP contribution in [0.25, 0.3) is 0 Å². The van der Waals surface area contributed by atoms with Crippen molar-refractivity contribution in [3.05, 3.63) is 0 Å². The highest BCUT2D eigenvalue weighted by Crippen LogP contribution is 2.37. The van der Waals surface area contributed by atoms with Gasteiger partial charge in [0.05, 0.1) is 12.7 Å². The highest BCUT2D eigenvalue weighted by molar-refractivity contribution is 4.92. The lowest BCUT2D eigenvalue weighted by Gasteiger charge is -2.30. The molecule has 2 heteroatoms. The SMILES string of the molecule is CC(C)(N)CC(C)(C)C1CO1. The van der Waals surface area contributed by atoms with Gasteiger partial charge in [0.25, 0.3) is 0 Å². The third-order valence-corrected chi connectivity index (χ3v) is 2.12. The lowest BCUT2D eigenvalue weighted by Crippen LogP contribution is -2.39. The van der Waals surface area contributed by atoms with E-state index in [-0.39, 0.29) is 11.0 Å². The second-order valence-electron chi connectivity index (χ2n) is 4.98. The van der Waals surface area contributed by atoms with Crippen LogP contribution in [0, 0.1) is 5.41 Å². The summed E-state index contributed by atoms with van der Waals surface area (Å²) in [6, 6.07) is 0. The van der Waals surface area contributed by atoms with Crippen molar-refractivity contribution in [3.8, 4) is 0 Å². The second kappa shape index (κ2) is 2.46. The molecule has 0 spiro atoms. The van der Waals surface area contributed by atoms with Crippen LogP contribution >= 0.6 is 0 Å². The number of ether oxygens (including phenoxy) is 1. The molecule has 1 unspecified atom stereocenters. The van der Waals surface area contributed by atoms with Crippen molar-refractivity contribution in [2.24, 2.45) is 11.1 Å². The fraction of sp³-hybridized carbons (Fsp3) is 1.00. The minimum atomic E-state index is -0.0740. The molecule has 1 atom stereocenters. The first-order chi connectivity index (χ1) is 4.81. The Balaban J connectivity index is 2.45. The summed E-state index contributed by atoms with van der Waals surface area (Å²) in [4.78, 5) is 0. The van der Waals surface area contributed by atoms with E-state index in [0.29, 0.717) is 6.10 Å². The molecule has 1 rings (SSSR count). The molecule has 2 nitrogen and oxygen atoms in total. The summed E-state index contributed by atoms with van der Waals surface area (Å²) in [7, 11) is 0. The van der Waals surface area contributed by atoms with Crippen LogP contribution in [0.15, 0.2) is 0 Å². The first-order valence-electron chi connectivity index (χ1n) is 4.22. The van der Waals surface area contributed by atoms with Gasteiger partial charge in [0.15, 0.2) is 0 Å². The minimum absolute atomic E-state index is 0.0740. The van der Waals surface area contributed by atoms with Crippen LogP contribution in [-0.2, 0) is 4.74 Å². The molecular formula is C9H19NO. The maximum Gasteiger partial charge on any atom is 0.0861 e. The molecule has 1 fully saturated rings. The molecule has 0 aromatic carbocycles. The molecule has 66 valence electrons. The van der Waals surface area contributed by atoms with Crippen LogP contribution in [0.1, 0.15) is 34.1 Å². The van der Waals surface area contributed by atoms with E-state index in [9.17, 15) is 0 Å². The van der Waals surface area contributed by atoms with Crippen LogP contribution in [0.2, 0.25) is 0 Å². The molecule has 0 amide bonds. The zero-order valence-corrected chi connectivity index (χ0v) is 7.98. The van der Waals surface area contributed by atoms with E-state index >= 15 is 0 Å². The van der Waals surface area contributed by atoms with Crippen LogP contribution < -0.4 is 5.73 Å². The normalized spacial score (nSPS) is 25.4. The summed E-state index contributed by atoms with van der Waals surface area (Å²) in [6.45, 7) is 9.50. The standard InChI is InChI=1S/C9H19NO/c1-8(2,7-5-11-7)6-9(3,4)10/h7H,5-6,10H2,1-4H3. The molecule has 0 aliphatic carbocycles. The first kappa shape index (κ1) is 9.01. The number of hydrogen-bond donors (Lipinski definition) is 1. The average molecular weight is 157 g/mol. The molecule has 0 radical (unpaired) electrons. The molecule has 0 saturated carbocycles. The zero-order valence-electron chi connectivity index (χ0n) is 7.98. The Hall–Kier alpha value is -0.0800. The second-order valence-corrected chi connectivity index (χ2v) is 4.98. The van der Waals surface area contributed by atoms with Gasteiger partial charge in [0.1, 0.15) is 0 Å². The van der Waals surface area contributed by atoms with Crippen molar-refractivity contribution in [1.29, 1.82) is 0 Å². The Bertz CT molecular complexity index is 142. The van der Waals surface area contributed by atoms with E-state index in [4.69, 9.17) is 10.5 Å². The number of hydrogen-bond acceptors (Lipinski definition) is 2. The van der Waals surface area contributed by atoms with Crippen molar-refractivity contribution in [2.45, 2.75) is 45.8 Å². The van der Waals surface area contributed by atoms with Crippen molar-refractivity contribution in [1.82, 2.24) is 0 Å². The summed E-state index contributed by atoms with van der Waals surface area (Å²) in [5.74, 6) is 0. The summed E-state index contributed by atoms with van der Waals surface area (Å²) in [5, 5.41) is 0. The van der Waals surface area contributed by atoms with Gasteiger partial charge in [-0.2, -0.15) is 0 Å². The van der Waals surface area contributed by atoms with E-state index < -0.39 is 0 Å². The molecule has 11 heavy (non-hydrogen) atoms. The fourth-order valence-electron chi connectivity index (χ4n) is 1.79. The molecule has 1 heterocycles. The van der Waals surface area contributed by atoms with E-state index in [2.05, 4.69) is 27.7 Å². The van der Waals surface area contributed by atoms with Gasteiger partial charge in [-0.05, 0) is 25.7 Å². The maximum atomic E-state index is 5.93. The summed E-state index contributed by atoms with van der Waals surface area (Å²) in [6.07, 6.45) is 1.47. The van der Waals surface area contributed by atoms with Gasteiger partial charge in [0.2, 0.25) is 0 Å². The number of epoxide rings is 1. The Morgan fingerprint density at radius 1 is 1.36 bits per heavy atom. The van der Waals surface area contributed by atoms with E-state index in [1.54, 1.807) is 0 Å². The average Bonchev–Trinajstić information content (AvgIpc) is 2.30. The Labute approximate surface area is 69.1 Å². The Morgan fingerprint density at radius 2 is 1.82 bits per heavy atom. The van der Waals surface area contributed by atoms with Gasteiger partial charge < -0.3 is 10.5 Å². The number of nitrogens with two attached hydrogens (primary N) is 1. The maximum absolute atomic E-state index is 5.93. The molecule has 0 bridgehead atoms. The van der Waals surface area contributed by atoms with Gasteiger partial charge in [-0.1, -0.05) is 13.8 Å². The molecule has 1 aliphatic rings.